The number of rotatable bonds is 2. The Labute approximate surface area is 82.5 Å². The molecular formula is C11H12OS. The molecule has 1 aliphatic rings. The van der Waals surface area contributed by atoms with Crippen molar-refractivity contribution in [2.45, 2.75) is 22.7 Å². The minimum atomic E-state index is -0.235. The van der Waals surface area contributed by atoms with E-state index >= 15 is 0 Å². The van der Waals surface area contributed by atoms with Crippen molar-refractivity contribution in [1.82, 2.24) is 0 Å². The molecule has 13 heavy (non-hydrogen) atoms. The molecule has 1 aliphatic carbocycles. The number of thioether (sulfide) groups is 1. The van der Waals surface area contributed by atoms with Crippen molar-refractivity contribution >= 4 is 11.8 Å². The number of aliphatic hydroxyl groups is 1. The first-order valence-corrected chi connectivity index (χ1v) is 5.30. The maximum absolute atomic E-state index is 9.28. The molecule has 0 heterocycles. The summed E-state index contributed by atoms with van der Waals surface area (Å²) in [4.78, 5) is 1.27. The van der Waals surface area contributed by atoms with Crippen molar-refractivity contribution in [1.29, 1.82) is 0 Å². The molecule has 0 fully saturated rings. The van der Waals surface area contributed by atoms with Crippen molar-refractivity contribution < 1.29 is 5.11 Å². The van der Waals surface area contributed by atoms with Gasteiger partial charge < -0.3 is 5.11 Å². The van der Waals surface area contributed by atoms with Gasteiger partial charge in [-0.2, -0.15) is 0 Å². The summed E-state index contributed by atoms with van der Waals surface area (Å²) in [6, 6.07) is 10.3. The Hall–Kier alpha value is -0.730. The predicted octanol–water partition coefficient (Wildman–Crippen LogP) is 2.47. The van der Waals surface area contributed by atoms with E-state index in [0.29, 0.717) is 5.25 Å². The highest BCUT2D eigenvalue weighted by Gasteiger charge is 2.16. The average Bonchev–Trinajstić information content (AvgIpc) is 2.53. The Kier molecular flexibility index (Phi) is 2.71. The van der Waals surface area contributed by atoms with Crippen LogP contribution in [0.2, 0.25) is 0 Å². The van der Waals surface area contributed by atoms with Gasteiger partial charge in [-0.25, -0.2) is 0 Å². The van der Waals surface area contributed by atoms with Crippen LogP contribution >= 0.6 is 11.8 Å². The van der Waals surface area contributed by atoms with Crippen LogP contribution in [-0.4, -0.2) is 16.5 Å². The molecule has 0 amide bonds. The fourth-order valence-corrected chi connectivity index (χ4v) is 2.54. The first-order chi connectivity index (χ1) is 6.34. The lowest BCUT2D eigenvalue weighted by Gasteiger charge is -2.07. The molecule has 0 saturated heterocycles. The summed E-state index contributed by atoms with van der Waals surface area (Å²) in [7, 11) is 0. The molecule has 0 spiro atoms. The first-order valence-electron chi connectivity index (χ1n) is 4.43. The third-order valence-electron chi connectivity index (χ3n) is 2.05. The minimum absolute atomic E-state index is 0.235. The molecule has 2 atom stereocenters. The van der Waals surface area contributed by atoms with Crippen molar-refractivity contribution in [3.63, 3.8) is 0 Å². The maximum Gasteiger partial charge on any atom is 0.0735 e. The largest absolute Gasteiger partial charge is 0.389 e. The normalized spacial score (nSPS) is 26.5. The second kappa shape index (κ2) is 3.99. The number of benzene rings is 1. The molecule has 1 aromatic rings. The molecule has 1 nitrogen and oxygen atoms in total. The minimum Gasteiger partial charge on any atom is -0.389 e. The summed E-state index contributed by atoms with van der Waals surface area (Å²) in [6.45, 7) is 0. The molecule has 0 aromatic heterocycles. The first kappa shape index (κ1) is 8.85. The SMILES string of the molecule is O[C@@H]1C=C[C@H](Sc2ccccc2)C1. The zero-order chi connectivity index (χ0) is 9.10. The fraction of sp³-hybridized carbons (Fsp3) is 0.273. The second-order valence-corrected chi connectivity index (χ2v) is 4.47. The van der Waals surface area contributed by atoms with Crippen LogP contribution in [0.4, 0.5) is 0 Å². The zero-order valence-electron chi connectivity index (χ0n) is 7.26. The monoisotopic (exact) mass is 192 g/mol. The molecule has 1 N–H and O–H groups in total. The van der Waals surface area contributed by atoms with Crippen molar-refractivity contribution in [3.8, 4) is 0 Å². The Balaban J connectivity index is 1.96. The van der Waals surface area contributed by atoms with Gasteiger partial charge in [-0.1, -0.05) is 30.4 Å². The standard InChI is InChI=1S/C11H12OS/c12-9-6-7-11(8-9)13-10-4-2-1-3-5-10/h1-7,9,11-12H,8H2/t9-,11+/m1/s1. The van der Waals surface area contributed by atoms with Gasteiger partial charge in [0.05, 0.1) is 6.10 Å². The summed E-state index contributed by atoms with van der Waals surface area (Å²) < 4.78 is 0. The average molecular weight is 192 g/mol. The van der Waals surface area contributed by atoms with Gasteiger partial charge in [0.2, 0.25) is 0 Å². The Morgan fingerprint density at radius 3 is 2.54 bits per heavy atom. The zero-order valence-corrected chi connectivity index (χ0v) is 8.08. The molecule has 0 radical (unpaired) electrons. The van der Waals surface area contributed by atoms with Gasteiger partial charge in [-0.05, 0) is 18.6 Å². The summed E-state index contributed by atoms with van der Waals surface area (Å²) in [5.74, 6) is 0. The molecule has 0 saturated carbocycles. The van der Waals surface area contributed by atoms with Crippen LogP contribution in [0.15, 0.2) is 47.4 Å². The number of hydrogen-bond donors (Lipinski definition) is 1. The third-order valence-corrected chi connectivity index (χ3v) is 3.25. The third kappa shape index (κ3) is 2.36. The fourth-order valence-electron chi connectivity index (χ4n) is 1.41. The second-order valence-electron chi connectivity index (χ2n) is 3.16. The van der Waals surface area contributed by atoms with Gasteiger partial charge in [0, 0.05) is 10.1 Å². The quantitative estimate of drug-likeness (QED) is 0.726. The van der Waals surface area contributed by atoms with Crippen LogP contribution < -0.4 is 0 Å². The Bertz CT molecular complexity index is 294. The van der Waals surface area contributed by atoms with E-state index in [1.165, 1.54) is 4.90 Å². The van der Waals surface area contributed by atoms with Crippen LogP contribution in [-0.2, 0) is 0 Å². The van der Waals surface area contributed by atoms with E-state index in [1.807, 2.05) is 36.0 Å². The highest BCUT2D eigenvalue weighted by molar-refractivity contribution is 8.00. The van der Waals surface area contributed by atoms with Gasteiger partial charge >= 0.3 is 0 Å². The predicted molar refractivity (Wildman–Crippen MR) is 55.9 cm³/mol. The van der Waals surface area contributed by atoms with Crippen LogP contribution in [0.25, 0.3) is 0 Å². The smallest absolute Gasteiger partial charge is 0.0735 e. The molecule has 0 bridgehead atoms. The summed E-state index contributed by atoms with van der Waals surface area (Å²) in [5.41, 5.74) is 0. The van der Waals surface area contributed by atoms with Gasteiger partial charge in [-0.15, -0.1) is 11.8 Å². The van der Waals surface area contributed by atoms with Gasteiger partial charge in [0.25, 0.3) is 0 Å². The summed E-state index contributed by atoms with van der Waals surface area (Å²) in [6.07, 6.45) is 4.57. The van der Waals surface area contributed by atoms with E-state index < -0.39 is 0 Å². The Morgan fingerprint density at radius 2 is 1.92 bits per heavy atom. The number of hydrogen-bond acceptors (Lipinski definition) is 2. The lowest BCUT2D eigenvalue weighted by atomic mass is 10.3. The molecule has 2 rings (SSSR count). The maximum atomic E-state index is 9.28. The summed E-state index contributed by atoms with van der Waals surface area (Å²) >= 11 is 1.81. The lowest BCUT2D eigenvalue weighted by molar-refractivity contribution is 0.224. The van der Waals surface area contributed by atoms with Gasteiger partial charge in [-0.3, -0.25) is 0 Å². The highest BCUT2D eigenvalue weighted by Crippen LogP contribution is 2.30. The highest BCUT2D eigenvalue weighted by atomic mass is 32.2. The van der Waals surface area contributed by atoms with Crippen LogP contribution in [0.5, 0.6) is 0 Å². The van der Waals surface area contributed by atoms with E-state index in [1.54, 1.807) is 0 Å². The van der Waals surface area contributed by atoms with E-state index in [-0.39, 0.29) is 6.10 Å². The van der Waals surface area contributed by atoms with Crippen LogP contribution in [0, 0.1) is 0 Å². The van der Waals surface area contributed by atoms with Crippen molar-refractivity contribution in [2.24, 2.45) is 0 Å². The topological polar surface area (TPSA) is 20.2 Å². The molecule has 0 aliphatic heterocycles. The lowest BCUT2D eigenvalue weighted by Crippen LogP contribution is -2.02. The Morgan fingerprint density at radius 1 is 1.15 bits per heavy atom. The van der Waals surface area contributed by atoms with Crippen molar-refractivity contribution in [2.75, 3.05) is 0 Å². The molecular weight excluding hydrogens is 180 g/mol. The van der Waals surface area contributed by atoms with Crippen LogP contribution in [0.3, 0.4) is 0 Å². The van der Waals surface area contributed by atoms with E-state index in [9.17, 15) is 5.11 Å². The number of aliphatic hydroxyl groups excluding tert-OH is 1. The molecule has 2 heteroatoms. The molecule has 1 aromatic carbocycles. The van der Waals surface area contributed by atoms with E-state index in [4.69, 9.17) is 0 Å². The molecule has 68 valence electrons. The van der Waals surface area contributed by atoms with Crippen molar-refractivity contribution in [3.05, 3.63) is 42.5 Å². The van der Waals surface area contributed by atoms with Gasteiger partial charge in [0.1, 0.15) is 0 Å². The van der Waals surface area contributed by atoms with E-state index in [2.05, 4.69) is 18.2 Å². The van der Waals surface area contributed by atoms with Crippen LogP contribution in [0.1, 0.15) is 6.42 Å². The van der Waals surface area contributed by atoms with Gasteiger partial charge in [0.15, 0.2) is 0 Å². The summed E-state index contributed by atoms with van der Waals surface area (Å²) in [5, 5.41) is 9.72. The molecule has 0 unspecified atom stereocenters. The van der Waals surface area contributed by atoms with E-state index in [0.717, 1.165) is 6.42 Å².